The minimum Gasteiger partial charge on any atom is -0.463 e. The van der Waals surface area contributed by atoms with E-state index in [1.165, 1.54) is 19.3 Å². The topological polar surface area (TPSA) is 152 Å². The lowest BCUT2D eigenvalue weighted by molar-refractivity contribution is -0.137. The summed E-state index contributed by atoms with van der Waals surface area (Å²) >= 11 is 0. The fraction of sp³-hybridized carbons (Fsp3) is 0.311. The van der Waals surface area contributed by atoms with Crippen molar-refractivity contribution in [1.82, 2.24) is 21.3 Å². The molecule has 0 bridgehead atoms. The second kappa shape index (κ2) is 21.6. The monoisotopic (exact) mass is 760 g/mol. The van der Waals surface area contributed by atoms with Gasteiger partial charge in [0.15, 0.2) is 0 Å². The molecule has 0 aliphatic rings. The van der Waals surface area contributed by atoms with Crippen LogP contribution >= 0.6 is 0 Å². The minimum atomic E-state index is -1.08. The Labute approximate surface area is 329 Å². The van der Waals surface area contributed by atoms with Gasteiger partial charge in [-0.05, 0) is 47.9 Å². The van der Waals surface area contributed by atoms with Gasteiger partial charge in [-0.1, -0.05) is 141 Å². The van der Waals surface area contributed by atoms with Crippen molar-refractivity contribution in [3.8, 4) is 0 Å². The molecule has 4 amide bonds. The molecule has 4 aromatic carbocycles. The lowest BCUT2D eigenvalue weighted by Crippen LogP contribution is -2.55. The zero-order valence-electron chi connectivity index (χ0n) is 32.4. The quantitative estimate of drug-likeness (QED) is 0.0522. The zero-order chi connectivity index (χ0) is 40.3. The molecular formula is C45H52N4O7. The van der Waals surface area contributed by atoms with E-state index in [0.29, 0.717) is 6.42 Å². The van der Waals surface area contributed by atoms with Gasteiger partial charge in [-0.15, -0.1) is 0 Å². The molecule has 11 nitrogen and oxygen atoms in total. The largest absolute Gasteiger partial charge is 0.463 e. The maximum absolute atomic E-state index is 14.2. The third kappa shape index (κ3) is 12.4. The first-order valence-electron chi connectivity index (χ1n) is 18.9. The summed E-state index contributed by atoms with van der Waals surface area (Å²) in [5.74, 6) is -1.97. The van der Waals surface area contributed by atoms with Gasteiger partial charge in [-0.3, -0.25) is 14.4 Å². The number of esters is 1. The van der Waals surface area contributed by atoms with Gasteiger partial charge < -0.3 is 30.7 Å². The number of carbonyl (C=O) groups is 5. The van der Waals surface area contributed by atoms with Gasteiger partial charge in [-0.25, -0.2) is 9.59 Å². The predicted molar refractivity (Wildman–Crippen MR) is 215 cm³/mol. The molecule has 0 fully saturated rings. The molecule has 11 heteroatoms. The van der Waals surface area contributed by atoms with E-state index in [2.05, 4.69) is 21.3 Å². The molecule has 4 aromatic rings. The van der Waals surface area contributed by atoms with Gasteiger partial charge in [0, 0.05) is 25.0 Å². The van der Waals surface area contributed by atoms with Crippen molar-refractivity contribution in [1.29, 1.82) is 0 Å². The Morgan fingerprint density at radius 3 is 1.66 bits per heavy atom. The number of hydrogen-bond donors (Lipinski definition) is 4. The van der Waals surface area contributed by atoms with Crippen molar-refractivity contribution in [3.63, 3.8) is 0 Å². The number of amides is 4. The summed E-state index contributed by atoms with van der Waals surface area (Å²) in [6.45, 7) is 5.67. The summed E-state index contributed by atoms with van der Waals surface area (Å²) in [7, 11) is 1.21. The second-order valence-electron chi connectivity index (χ2n) is 13.7. The van der Waals surface area contributed by atoms with E-state index < -0.39 is 47.5 Å². The van der Waals surface area contributed by atoms with Gasteiger partial charge in [0.2, 0.25) is 17.7 Å². The molecule has 0 saturated carbocycles. The Bertz CT molecular complexity index is 1790. The molecule has 0 spiro atoms. The van der Waals surface area contributed by atoms with Gasteiger partial charge in [0.05, 0.1) is 13.7 Å². The predicted octanol–water partition coefficient (Wildman–Crippen LogP) is 5.98. The zero-order valence-corrected chi connectivity index (χ0v) is 32.4. The van der Waals surface area contributed by atoms with Crippen LogP contribution in [0, 0.1) is 5.92 Å². The molecule has 4 N–H and O–H groups in total. The molecule has 0 aliphatic heterocycles. The van der Waals surface area contributed by atoms with Crippen LogP contribution in [0.3, 0.4) is 0 Å². The number of rotatable bonds is 19. The lowest BCUT2D eigenvalue weighted by atomic mass is 9.77. The first-order valence-corrected chi connectivity index (χ1v) is 18.9. The van der Waals surface area contributed by atoms with Gasteiger partial charge in [-0.2, -0.15) is 0 Å². The Kier molecular flexibility index (Phi) is 16.4. The Morgan fingerprint density at radius 2 is 1.18 bits per heavy atom. The standard InChI is InChI=1S/C45H52N4O7/c1-5-56-41(51)29-27-37(46-42(52)39(31-33-18-10-6-11-19-33)47-43(53)38(30-32(2)3)48-44(54)55-4)26-28-40(50)49-45(34-20-12-7-13-21-34,35-22-14-8-15-23-35)36-24-16-9-17-25-36/h6-25,27,29,32,37-39H,5,26,28,30-31H2,1-4H3,(H,46,52)(H,47,53)(H,48,54)(H,49,50)/b29-27+/t37-,38-,39-/m0/s1. The molecule has 3 atom stereocenters. The van der Waals surface area contributed by atoms with E-state index in [0.717, 1.165) is 22.3 Å². The highest BCUT2D eigenvalue weighted by Gasteiger charge is 2.38. The molecular weight excluding hydrogens is 709 g/mol. The smallest absolute Gasteiger partial charge is 0.407 e. The molecule has 0 heterocycles. The fourth-order valence-electron chi connectivity index (χ4n) is 6.46. The number of carbonyl (C=O) groups excluding carboxylic acids is 5. The van der Waals surface area contributed by atoms with Crippen LogP contribution in [-0.2, 0) is 40.6 Å². The van der Waals surface area contributed by atoms with E-state index in [4.69, 9.17) is 9.47 Å². The van der Waals surface area contributed by atoms with Crippen molar-refractivity contribution < 1.29 is 33.4 Å². The molecule has 0 aliphatic carbocycles. The van der Waals surface area contributed by atoms with E-state index >= 15 is 0 Å². The number of hydrogen-bond acceptors (Lipinski definition) is 7. The van der Waals surface area contributed by atoms with Crippen LogP contribution in [0.2, 0.25) is 0 Å². The van der Waals surface area contributed by atoms with Crippen LogP contribution in [0.25, 0.3) is 0 Å². The lowest BCUT2D eigenvalue weighted by Gasteiger charge is -2.37. The highest BCUT2D eigenvalue weighted by molar-refractivity contribution is 5.92. The Hall–Kier alpha value is -6.23. The maximum Gasteiger partial charge on any atom is 0.407 e. The van der Waals surface area contributed by atoms with Crippen LogP contribution in [0.15, 0.2) is 133 Å². The number of nitrogens with one attached hydrogen (secondary N) is 4. The van der Waals surface area contributed by atoms with Crippen LogP contribution in [-0.4, -0.2) is 61.6 Å². The summed E-state index contributed by atoms with van der Waals surface area (Å²) in [6.07, 6.45) is 2.44. The molecule has 0 aromatic heterocycles. The first kappa shape index (κ1) is 42.5. The minimum absolute atomic E-state index is 0.0391. The highest BCUT2D eigenvalue weighted by Crippen LogP contribution is 2.37. The van der Waals surface area contributed by atoms with E-state index in [9.17, 15) is 24.0 Å². The summed E-state index contributed by atoms with van der Waals surface area (Å²) in [4.78, 5) is 66.5. The van der Waals surface area contributed by atoms with Crippen molar-refractivity contribution >= 4 is 29.8 Å². The second-order valence-corrected chi connectivity index (χ2v) is 13.7. The van der Waals surface area contributed by atoms with Gasteiger partial charge >= 0.3 is 12.1 Å². The fourth-order valence-corrected chi connectivity index (χ4v) is 6.46. The van der Waals surface area contributed by atoms with E-state index in [-0.39, 0.29) is 37.7 Å². The van der Waals surface area contributed by atoms with Crippen LogP contribution in [0.5, 0.6) is 0 Å². The van der Waals surface area contributed by atoms with E-state index in [1.807, 2.05) is 135 Å². The van der Waals surface area contributed by atoms with Crippen molar-refractivity contribution in [3.05, 3.63) is 156 Å². The molecule has 56 heavy (non-hydrogen) atoms. The average molecular weight is 761 g/mol. The number of benzene rings is 4. The summed E-state index contributed by atoms with van der Waals surface area (Å²) in [5.41, 5.74) is 2.31. The van der Waals surface area contributed by atoms with Crippen LogP contribution in [0.1, 0.15) is 62.3 Å². The van der Waals surface area contributed by atoms with Crippen molar-refractivity contribution in [2.75, 3.05) is 13.7 Å². The average Bonchev–Trinajstić information content (AvgIpc) is 3.21. The third-order valence-corrected chi connectivity index (χ3v) is 9.13. The molecule has 0 saturated heterocycles. The number of alkyl carbamates (subject to hydrolysis) is 1. The molecule has 4 rings (SSSR count). The summed E-state index contributed by atoms with van der Waals surface area (Å²) < 4.78 is 9.84. The number of methoxy groups -OCH3 is 1. The normalized spacial score (nSPS) is 12.9. The molecule has 294 valence electrons. The first-order chi connectivity index (χ1) is 27.0. The summed E-state index contributed by atoms with van der Waals surface area (Å²) in [6, 6.07) is 35.5. The van der Waals surface area contributed by atoms with Crippen LogP contribution in [0.4, 0.5) is 4.79 Å². The highest BCUT2D eigenvalue weighted by atomic mass is 16.5. The van der Waals surface area contributed by atoms with Gasteiger partial charge in [0.25, 0.3) is 0 Å². The molecule has 0 unspecified atom stereocenters. The Balaban J connectivity index is 1.62. The van der Waals surface area contributed by atoms with Crippen molar-refractivity contribution in [2.45, 2.75) is 70.1 Å². The van der Waals surface area contributed by atoms with Crippen LogP contribution < -0.4 is 21.3 Å². The van der Waals surface area contributed by atoms with E-state index in [1.54, 1.807) is 6.92 Å². The molecule has 0 radical (unpaired) electrons. The van der Waals surface area contributed by atoms with Crippen molar-refractivity contribution in [2.24, 2.45) is 5.92 Å². The number of ether oxygens (including phenoxy) is 2. The Morgan fingerprint density at radius 1 is 0.679 bits per heavy atom. The maximum atomic E-state index is 14.2. The SMILES string of the molecule is CCOC(=O)/C=C/[C@H](CCC(=O)NC(c1ccccc1)(c1ccccc1)c1ccccc1)NC(=O)[C@H](Cc1ccccc1)NC(=O)[C@H](CC(C)C)NC(=O)OC. The van der Waals surface area contributed by atoms with Gasteiger partial charge in [0.1, 0.15) is 17.6 Å². The third-order valence-electron chi connectivity index (χ3n) is 9.13. The summed E-state index contributed by atoms with van der Waals surface area (Å²) in [5, 5.41) is 11.7.